The number of rotatable bonds is 1. The molecular weight excluding hydrogens is 554 g/mol. The molecule has 0 amide bonds. The molecule has 38 heavy (non-hydrogen) atoms. The smallest absolute Gasteiger partial charge is 0.405 e. The third-order valence-corrected chi connectivity index (χ3v) is 8.56. The van der Waals surface area contributed by atoms with Gasteiger partial charge in [0.2, 0.25) is 0 Å². The van der Waals surface area contributed by atoms with E-state index in [2.05, 4.69) is 39.0 Å². The Morgan fingerprint density at radius 3 is 1.05 bits per heavy atom. The summed E-state index contributed by atoms with van der Waals surface area (Å²) in [6.07, 6.45) is 0. The van der Waals surface area contributed by atoms with E-state index in [0.717, 1.165) is 0 Å². The monoisotopic (exact) mass is 605 g/mol. The van der Waals surface area contributed by atoms with Gasteiger partial charge in [-0.05, 0) is 115 Å². The van der Waals surface area contributed by atoms with Crippen molar-refractivity contribution in [2.75, 3.05) is 0 Å². The summed E-state index contributed by atoms with van der Waals surface area (Å²) in [5, 5.41) is 0. The molecule has 0 spiro atoms. The molecule has 3 aliphatic heterocycles. The Kier molecular flexibility index (Phi) is 13.2. The molecule has 212 valence electrons. The minimum atomic E-state index is -0.476. The summed E-state index contributed by atoms with van der Waals surface area (Å²) in [4.78, 5) is 0. The summed E-state index contributed by atoms with van der Waals surface area (Å²) in [6.45, 7) is 30.6. The fourth-order valence-corrected chi connectivity index (χ4v) is 3.44. The topological polar surface area (TPSA) is 55.4 Å². The van der Waals surface area contributed by atoms with Crippen LogP contribution in [0.2, 0.25) is 0 Å². The zero-order valence-corrected chi connectivity index (χ0v) is 29.8. The van der Waals surface area contributed by atoms with Crippen LogP contribution >= 0.6 is 0 Å². The summed E-state index contributed by atoms with van der Waals surface area (Å²) in [6, 6.07) is 6.50. The van der Waals surface area contributed by atoms with E-state index in [-0.39, 0.29) is 73.7 Å². The molecule has 2 radical (unpaired) electrons. The average molecular weight is 605 g/mol. The van der Waals surface area contributed by atoms with Crippen LogP contribution in [-0.4, -0.2) is 55.3 Å². The molecule has 0 N–H and O–H groups in total. The van der Waals surface area contributed by atoms with Gasteiger partial charge < -0.3 is 35.4 Å². The number of aryl methyl sites for hydroxylation is 3. The molecule has 3 saturated heterocycles. The summed E-state index contributed by atoms with van der Waals surface area (Å²) >= 11 is 0. The molecule has 0 saturated carbocycles. The first-order valence-electron chi connectivity index (χ1n) is 13.0. The quantitative estimate of drug-likeness (QED) is 0.272. The molecular formula is C28H51B3O6Y-. The van der Waals surface area contributed by atoms with Crippen LogP contribution in [0.1, 0.15) is 99.8 Å². The SMILES string of the molecule is CC1(C)OB(B2OC(C)(C)C(C)(C)O2)OC1(C)C.CC1(C)O[B]OC1(C)C.Cc1ccc(C)c(C)c1.[CH3-].[Y]. The number of benzene rings is 1. The second kappa shape index (κ2) is 13.1. The second-order valence-corrected chi connectivity index (χ2v) is 13.2. The van der Waals surface area contributed by atoms with Crippen molar-refractivity contribution in [2.45, 2.75) is 137 Å². The van der Waals surface area contributed by atoms with Gasteiger partial charge in [-0.2, -0.15) is 0 Å². The van der Waals surface area contributed by atoms with Gasteiger partial charge in [0.05, 0.1) is 33.6 Å². The molecule has 0 bridgehead atoms. The van der Waals surface area contributed by atoms with Crippen molar-refractivity contribution in [2.24, 2.45) is 0 Å². The molecule has 1 aromatic rings. The van der Waals surface area contributed by atoms with E-state index in [1.54, 1.807) is 0 Å². The van der Waals surface area contributed by atoms with Gasteiger partial charge in [-0.15, -0.1) is 0 Å². The Balaban J connectivity index is 0.000000581. The Morgan fingerprint density at radius 1 is 0.526 bits per heavy atom. The molecule has 1 aromatic carbocycles. The third-order valence-electron chi connectivity index (χ3n) is 8.56. The fraction of sp³-hybridized carbons (Fsp3) is 0.750. The summed E-state index contributed by atoms with van der Waals surface area (Å²) in [5.41, 5.74) is 2.29. The molecule has 6 nitrogen and oxygen atoms in total. The molecule has 0 atom stereocenters. The van der Waals surface area contributed by atoms with Crippen molar-refractivity contribution >= 4 is 21.7 Å². The molecule has 4 rings (SSSR count). The molecule has 0 unspecified atom stereocenters. The molecule has 3 fully saturated rings. The average Bonchev–Trinajstić information content (AvgIpc) is 3.16. The van der Waals surface area contributed by atoms with Gasteiger partial charge in [0, 0.05) is 32.7 Å². The second-order valence-electron chi connectivity index (χ2n) is 13.2. The first-order valence-corrected chi connectivity index (χ1v) is 13.0. The van der Waals surface area contributed by atoms with Crippen LogP contribution in [0.5, 0.6) is 0 Å². The van der Waals surface area contributed by atoms with Crippen molar-refractivity contribution in [3.8, 4) is 0 Å². The van der Waals surface area contributed by atoms with Crippen LogP contribution in [0, 0.1) is 28.2 Å². The first-order chi connectivity index (χ1) is 16.0. The predicted molar refractivity (Wildman–Crippen MR) is 155 cm³/mol. The van der Waals surface area contributed by atoms with E-state index < -0.39 is 14.0 Å². The van der Waals surface area contributed by atoms with Crippen LogP contribution in [0.4, 0.5) is 0 Å². The first kappa shape index (κ1) is 38.3. The Morgan fingerprint density at radius 2 is 0.842 bits per heavy atom. The molecule has 0 aliphatic carbocycles. The number of hydrogen-bond acceptors (Lipinski definition) is 6. The van der Waals surface area contributed by atoms with Crippen LogP contribution in [0.15, 0.2) is 18.2 Å². The molecule has 10 heteroatoms. The maximum Gasteiger partial charge on any atom is 0.488 e. The Bertz CT molecular complexity index is 838. The van der Waals surface area contributed by atoms with Crippen molar-refractivity contribution in [1.29, 1.82) is 0 Å². The maximum atomic E-state index is 5.96. The van der Waals surface area contributed by atoms with E-state index in [4.69, 9.17) is 27.9 Å². The van der Waals surface area contributed by atoms with Crippen molar-refractivity contribution in [3.05, 3.63) is 42.3 Å². The van der Waals surface area contributed by atoms with Crippen LogP contribution in [0.3, 0.4) is 0 Å². The van der Waals surface area contributed by atoms with Gasteiger partial charge in [0.25, 0.3) is 0 Å². The van der Waals surface area contributed by atoms with E-state index >= 15 is 0 Å². The van der Waals surface area contributed by atoms with E-state index in [9.17, 15) is 0 Å². The Hall–Kier alpha value is 0.279. The van der Waals surface area contributed by atoms with E-state index in [1.165, 1.54) is 24.4 Å². The van der Waals surface area contributed by atoms with E-state index in [0.29, 0.717) is 0 Å². The molecule has 0 aromatic heterocycles. The van der Waals surface area contributed by atoms with Gasteiger partial charge in [-0.25, -0.2) is 0 Å². The standard InChI is InChI=1S/C12H24B2O4.C9H12.C6H12BO2.CH3.Y/c1-9(2)10(3,4)16-13(15-9)14-17-11(5,6)12(7,8)18-14;1-7-4-5-8(2)9(3)6-7;1-5(2)6(3,4)9-7-8-5;;/h1-8H3;4-6H,1-3H3;1-4H3;1H3;/q;;;-1;. The zero-order chi connectivity index (χ0) is 28.0. The van der Waals surface area contributed by atoms with Gasteiger partial charge >= 0.3 is 21.7 Å². The van der Waals surface area contributed by atoms with E-state index in [1.807, 2.05) is 83.1 Å². The normalized spacial score (nSPS) is 24.5. The largest absolute Gasteiger partial charge is 0.488 e. The summed E-state index contributed by atoms with van der Waals surface area (Å²) < 4.78 is 34.3. The van der Waals surface area contributed by atoms with Gasteiger partial charge in [0.1, 0.15) is 0 Å². The van der Waals surface area contributed by atoms with Gasteiger partial charge in [-0.3, -0.25) is 0 Å². The van der Waals surface area contributed by atoms with Crippen molar-refractivity contribution in [1.82, 2.24) is 0 Å². The maximum absolute atomic E-state index is 5.96. The fourth-order valence-electron chi connectivity index (χ4n) is 3.44. The Labute approximate surface area is 260 Å². The number of hydrogen-bond donors (Lipinski definition) is 0. The third kappa shape index (κ3) is 8.64. The summed E-state index contributed by atoms with van der Waals surface area (Å²) in [7, 11) is 0.465. The van der Waals surface area contributed by atoms with Crippen LogP contribution in [-0.2, 0) is 60.6 Å². The minimum absolute atomic E-state index is 0. The van der Waals surface area contributed by atoms with Crippen LogP contribution < -0.4 is 0 Å². The predicted octanol–water partition coefficient (Wildman–Crippen LogP) is 6.43. The molecule has 3 aliphatic rings. The van der Waals surface area contributed by atoms with Gasteiger partial charge in [-0.1, -0.05) is 23.8 Å². The van der Waals surface area contributed by atoms with Crippen LogP contribution in [0.25, 0.3) is 0 Å². The van der Waals surface area contributed by atoms with Gasteiger partial charge in [0.15, 0.2) is 0 Å². The van der Waals surface area contributed by atoms with Crippen molar-refractivity contribution < 1.29 is 60.6 Å². The minimum Gasteiger partial charge on any atom is -0.405 e. The molecule has 3 heterocycles. The summed E-state index contributed by atoms with van der Waals surface area (Å²) in [5.74, 6) is 0. The zero-order valence-electron chi connectivity index (χ0n) is 27.0. The van der Waals surface area contributed by atoms with Crippen molar-refractivity contribution in [3.63, 3.8) is 0 Å².